The van der Waals surface area contributed by atoms with Gasteiger partial charge in [-0.3, -0.25) is 9.59 Å². The first-order valence-electron chi connectivity index (χ1n) is 6.15. The molecule has 0 unspecified atom stereocenters. The molecule has 2 heterocycles. The summed E-state index contributed by atoms with van der Waals surface area (Å²) >= 11 is 0. The monoisotopic (exact) mass is 268 g/mol. The molecule has 0 bridgehead atoms. The second-order valence-corrected chi connectivity index (χ2v) is 4.56. The van der Waals surface area contributed by atoms with Gasteiger partial charge in [0, 0.05) is 24.2 Å². The number of nitrogens with one attached hydrogen (secondary N) is 1. The van der Waals surface area contributed by atoms with Crippen molar-refractivity contribution in [2.75, 3.05) is 0 Å². The molecule has 0 amide bonds. The van der Waals surface area contributed by atoms with Crippen LogP contribution in [0.3, 0.4) is 0 Å². The average molecular weight is 268 g/mol. The molecule has 0 aliphatic carbocycles. The number of aromatic amines is 1. The molecular weight excluding hydrogens is 256 g/mol. The summed E-state index contributed by atoms with van der Waals surface area (Å²) in [5.41, 5.74) is 1.45. The molecule has 0 saturated heterocycles. The molecule has 0 spiro atoms. The number of phenols is 1. The predicted molar refractivity (Wildman–Crippen MR) is 75.2 cm³/mol. The van der Waals surface area contributed by atoms with Crippen LogP contribution in [0.4, 0.5) is 0 Å². The Bertz CT molecular complexity index is 876. The first-order valence-corrected chi connectivity index (χ1v) is 6.15. The van der Waals surface area contributed by atoms with E-state index in [1.807, 2.05) is 0 Å². The van der Waals surface area contributed by atoms with Crippen LogP contribution in [-0.4, -0.2) is 14.5 Å². The van der Waals surface area contributed by atoms with Crippen molar-refractivity contribution in [1.29, 1.82) is 0 Å². The van der Waals surface area contributed by atoms with Crippen molar-refractivity contribution in [3.05, 3.63) is 80.5 Å². The third kappa shape index (κ3) is 2.21. The fourth-order valence-electron chi connectivity index (χ4n) is 2.16. The molecule has 0 atom stereocenters. The normalized spacial score (nSPS) is 10.8. The molecule has 1 aromatic carbocycles. The largest absolute Gasteiger partial charge is 0.508 e. The Balaban J connectivity index is 2.07. The van der Waals surface area contributed by atoms with Crippen LogP contribution in [0.5, 0.6) is 5.75 Å². The Kier molecular flexibility index (Phi) is 2.87. The highest BCUT2D eigenvalue weighted by Crippen LogP contribution is 2.12. The van der Waals surface area contributed by atoms with E-state index in [0.717, 1.165) is 9.96 Å². The Morgan fingerprint density at radius 2 is 1.75 bits per heavy atom. The van der Waals surface area contributed by atoms with Crippen molar-refractivity contribution in [3.63, 3.8) is 0 Å². The van der Waals surface area contributed by atoms with Crippen molar-refractivity contribution in [3.8, 4) is 5.75 Å². The third-order valence-electron chi connectivity index (χ3n) is 3.09. The van der Waals surface area contributed by atoms with Gasteiger partial charge in [0.25, 0.3) is 11.1 Å². The van der Waals surface area contributed by atoms with Gasteiger partial charge in [-0.15, -0.1) is 0 Å². The van der Waals surface area contributed by atoms with E-state index in [4.69, 9.17) is 0 Å². The predicted octanol–water partition coefficient (Wildman–Crippen LogP) is 1.28. The highest BCUT2D eigenvalue weighted by molar-refractivity contribution is 5.39. The number of phenolic OH excluding ortho intramolecular Hbond substituents is 1. The lowest BCUT2D eigenvalue weighted by Gasteiger charge is -2.05. The first kappa shape index (κ1) is 12.2. The number of H-pyrrole nitrogens is 1. The van der Waals surface area contributed by atoms with Crippen molar-refractivity contribution in [2.45, 2.75) is 6.42 Å². The van der Waals surface area contributed by atoms with Crippen LogP contribution in [0.1, 0.15) is 11.3 Å². The summed E-state index contributed by atoms with van der Waals surface area (Å²) in [4.78, 5) is 26.7. The standard InChI is InChI=1S/C15H12N2O3/c18-12-6-4-10(5-7-12)8-11-9-15(20)17-13(16-11)2-1-3-14(17)19/h1-7,9,16,18H,8H2. The van der Waals surface area contributed by atoms with Crippen LogP contribution in [-0.2, 0) is 6.42 Å². The van der Waals surface area contributed by atoms with Gasteiger partial charge in [0.15, 0.2) is 0 Å². The van der Waals surface area contributed by atoms with Crippen LogP contribution in [0.2, 0.25) is 0 Å². The topological polar surface area (TPSA) is 74.6 Å². The summed E-state index contributed by atoms with van der Waals surface area (Å²) in [5.74, 6) is 0.201. The van der Waals surface area contributed by atoms with Crippen LogP contribution in [0.25, 0.3) is 5.65 Å². The lowest BCUT2D eigenvalue weighted by Crippen LogP contribution is -2.26. The van der Waals surface area contributed by atoms with E-state index < -0.39 is 0 Å². The maximum Gasteiger partial charge on any atom is 0.260 e. The van der Waals surface area contributed by atoms with E-state index in [1.165, 1.54) is 12.1 Å². The number of aromatic hydroxyl groups is 1. The fraction of sp³-hybridized carbons (Fsp3) is 0.0667. The number of aromatic nitrogens is 2. The minimum Gasteiger partial charge on any atom is -0.508 e. The second kappa shape index (κ2) is 4.70. The number of nitrogens with zero attached hydrogens (tertiary/aromatic N) is 1. The number of pyridine rings is 1. The van der Waals surface area contributed by atoms with E-state index in [-0.39, 0.29) is 16.9 Å². The molecule has 0 radical (unpaired) electrons. The smallest absolute Gasteiger partial charge is 0.260 e. The van der Waals surface area contributed by atoms with Crippen molar-refractivity contribution in [1.82, 2.24) is 9.38 Å². The van der Waals surface area contributed by atoms with Gasteiger partial charge in [-0.05, 0) is 23.8 Å². The van der Waals surface area contributed by atoms with Crippen molar-refractivity contribution in [2.24, 2.45) is 0 Å². The van der Waals surface area contributed by atoms with E-state index in [2.05, 4.69) is 4.98 Å². The first-order chi connectivity index (χ1) is 9.63. The quantitative estimate of drug-likeness (QED) is 0.735. The Morgan fingerprint density at radius 1 is 1.00 bits per heavy atom. The number of hydrogen-bond donors (Lipinski definition) is 2. The van der Waals surface area contributed by atoms with Crippen molar-refractivity contribution >= 4 is 5.65 Å². The van der Waals surface area contributed by atoms with Gasteiger partial charge in [0.1, 0.15) is 11.4 Å². The second-order valence-electron chi connectivity index (χ2n) is 4.56. The molecule has 0 aliphatic rings. The highest BCUT2D eigenvalue weighted by Gasteiger charge is 2.04. The SMILES string of the molecule is O=c1cccc2[nH]c(Cc3ccc(O)cc3)cc(=O)n12. The van der Waals surface area contributed by atoms with Gasteiger partial charge < -0.3 is 10.1 Å². The zero-order valence-electron chi connectivity index (χ0n) is 10.5. The minimum atomic E-state index is -0.349. The summed E-state index contributed by atoms with van der Waals surface area (Å²) in [7, 11) is 0. The molecule has 3 rings (SSSR count). The molecule has 3 aromatic rings. The number of fused-ring (bicyclic) bond motifs is 1. The zero-order chi connectivity index (χ0) is 14.1. The Morgan fingerprint density at radius 3 is 2.50 bits per heavy atom. The van der Waals surface area contributed by atoms with Gasteiger partial charge >= 0.3 is 0 Å². The molecule has 100 valence electrons. The molecular formula is C15H12N2O3. The van der Waals surface area contributed by atoms with Crippen LogP contribution in [0.15, 0.2) is 58.1 Å². The maximum atomic E-state index is 12.0. The molecule has 0 saturated carbocycles. The summed E-state index contributed by atoms with van der Waals surface area (Å²) in [5, 5.41) is 9.24. The minimum absolute atomic E-state index is 0.201. The van der Waals surface area contributed by atoms with Crippen LogP contribution < -0.4 is 11.1 Å². The lowest BCUT2D eigenvalue weighted by atomic mass is 10.1. The molecule has 0 fully saturated rings. The number of rotatable bonds is 2. The highest BCUT2D eigenvalue weighted by atomic mass is 16.3. The molecule has 20 heavy (non-hydrogen) atoms. The molecule has 5 nitrogen and oxygen atoms in total. The van der Waals surface area contributed by atoms with Gasteiger partial charge in [-0.1, -0.05) is 18.2 Å². The third-order valence-corrected chi connectivity index (χ3v) is 3.09. The fourth-order valence-corrected chi connectivity index (χ4v) is 2.16. The molecule has 5 heteroatoms. The van der Waals surface area contributed by atoms with E-state index >= 15 is 0 Å². The van der Waals surface area contributed by atoms with Gasteiger partial charge in [0.2, 0.25) is 0 Å². The molecule has 0 aliphatic heterocycles. The summed E-state index contributed by atoms with van der Waals surface area (Å²) in [6.45, 7) is 0. The number of hydrogen-bond acceptors (Lipinski definition) is 3. The molecule has 2 aromatic heterocycles. The zero-order valence-corrected chi connectivity index (χ0v) is 10.5. The van der Waals surface area contributed by atoms with Gasteiger partial charge in [0.05, 0.1) is 0 Å². The lowest BCUT2D eigenvalue weighted by molar-refractivity contribution is 0.475. The number of benzene rings is 1. The Labute approximate surface area is 113 Å². The average Bonchev–Trinajstić information content (AvgIpc) is 2.41. The Hall–Kier alpha value is -2.82. The van der Waals surface area contributed by atoms with Gasteiger partial charge in [-0.2, -0.15) is 0 Å². The van der Waals surface area contributed by atoms with E-state index in [0.29, 0.717) is 17.8 Å². The maximum absolute atomic E-state index is 12.0. The van der Waals surface area contributed by atoms with Crippen molar-refractivity contribution < 1.29 is 5.11 Å². The summed E-state index contributed by atoms with van der Waals surface area (Å²) in [6, 6.07) is 12.8. The van der Waals surface area contributed by atoms with E-state index in [9.17, 15) is 14.7 Å². The summed E-state index contributed by atoms with van der Waals surface area (Å²) < 4.78 is 1.10. The van der Waals surface area contributed by atoms with Gasteiger partial charge in [-0.25, -0.2) is 4.40 Å². The van der Waals surface area contributed by atoms with Crippen LogP contribution in [0, 0.1) is 0 Å². The van der Waals surface area contributed by atoms with E-state index in [1.54, 1.807) is 36.4 Å². The summed E-state index contributed by atoms with van der Waals surface area (Å²) in [6.07, 6.45) is 0.523. The van der Waals surface area contributed by atoms with Crippen LogP contribution >= 0.6 is 0 Å². The molecule has 2 N–H and O–H groups in total.